The van der Waals surface area contributed by atoms with Gasteiger partial charge in [-0.1, -0.05) is 11.6 Å². The molecule has 1 heterocycles. The Labute approximate surface area is 131 Å². The van der Waals surface area contributed by atoms with E-state index in [1.807, 2.05) is 11.4 Å². The van der Waals surface area contributed by atoms with Crippen LogP contribution < -0.4 is 4.72 Å². The fraction of sp³-hybridized carbons (Fsp3) is 0.231. The molecule has 2 aromatic rings. The van der Waals surface area contributed by atoms with Crippen molar-refractivity contribution in [2.45, 2.75) is 23.7 Å². The average molecular weight is 340 g/mol. The Morgan fingerprint density at radius 3 is 2.86 bits per heavy atom. The number of anilines is 1. The number of benzene rings is 1. The number of hydrogen-bond donors (Lipinski definition) is 1. The third-order valence-corrected chi connectivity index (χ3v) is 5.81. The molecule has 1 N–H and O–H groups in total. The molecule has 0 spiro atoms. The van der Waals surface area contributed by atoms with Crippen LogP contribution in [0.1, 0.15) is 30.0 Å². The molecule has 1 saturated carbocycles. The molecule has 0 aliphatic heterocycles. The van der Waals surface area contributed by atoms with Gasteiger partial charge in [-0.25, -0.2) is 13.4 Å². The summed E-state index contributed by atoms with van der Waals surface area (Å²) in [7, 11) is -3.85. The smallest absolute Gasteiger partial charge is 0.255 e. The van der Waals surface area contributed by atoms with Gasteiger partial charge in [-0.05, 0) is 31.0 Å². The molecule has 1 aromatic carbocycles. The van der Waals surface area contributed by atoms with Crippen LogP contribution >= 0.6 is 22.9 Å². The first-order valence-corrected chi connectivity index (χ1v) is 8.91. The van der Waals surface area contributed by atoms with Gasteiger partial charge in [-0.2, -0.15) is 5.26 Å². The average Bonchev–Trinajstić information content (AvgIpc) is 3.20. The van der Waals surface area contributed by atoms with Gasteiger partial charge in [-0.15, -0.1) is 11.3 Å². The monoisotopic (exact) mass is 339 g/mol. The quantitative estimate of drug-likeness (QED) is 0.925. The molecule has 0 saturated heterocycles. The molecular formula is C13H10ClN3O2S2. The molecule has 0 bridgehead atoms. The van der Waals surface area contributed by atoms with E-state index in [9.17, 15) is 8.42 Å². The summed E-state index contributed by atoms with van der Waals surface area (Å²) >= 11 is 7.17. The molecule has 108 valence electrons. The summed E-state index contributed by atoms with van der Waals surface area (Å²) in [6, 6.07) is 6.01. The van der Waals surface area contributed by atoms with Crippen molar-refractivity contribution in [2.24, 2.45) is 0 Å². The van der Waals surface area contributed by atoms with Crippen molar-refractivity contribution in [1.82, 2.24) is 4.98 Å². The van der Waals surface area contributed by atoms with E-state index < -0.39 is 10.0 Å². The highest BCUT2D eigenvalue weighted by molar-refractivity contribution is 7.93. The van der Waals surface area contributed by atoms with Crippen molar-refractivity contribution in [3.8, 4) is 6.07 Å². The first kappa shape index (κ1) is 14.3. The van der Waals surface area contributed by atoms with Crippen molar-refractivity contribution in [3.05, 3.63) is 39.9 Å². The Morgan fingerprint density at radius 2 is 2.19 bits per heavy atom. The van der Waals surface area contributed by atoms with E-state index in [0.29, 0.717) is 11.0 Å². The molecule has 1 fully saturated rings. The Kier molecular flexibility index (Phi) is 3.61. The number of rotatable bonds is 4. The van der Waals surface area contributed by atoms with Crippen LogP contribution in [0.3, 0.4) is 0 Å². The van der Waals surface area contributed by atoms with E-state index in [-0.39, 0.29) is 15.5 Å². The van der Waals surface area contributed by atoms with Gasteiger partial charge in [0.05, 0.1) is 22.3 Å². The van der Waals surface area contributed by atoms with Gasteiger partial charge in [0, 0.05) is 11.3 Å². The molecule has 1 aliphatic carbocycles. The minimum Gasteiger partial charge on any atom is -0.255 e. The first-order chi connectivity index (χ1) is 9.99. The number of thiazole rings is 1. The SMILES string of the molecule is N#Cc1ccc(Cl)c(S(=O)(=O)Nc2nc(C3CC3)cs2)c1. The van der Waals surface area contributed by atoms with E-state index >= 15 is 0 Å². The van der Waals surface area contributed by atoms with Crippen LogP contribution in [0.4, 0.5) is 5.13 Å². The largest absolute Gasteiger partial charge is 0.265 e. The third-order valence-electron chi connectivity index (χ3n) is 3.09. The van der Waals surface area contributed by atoms with Gasteiger partial charge in [0.1, 0.15) is 4.90 Å². The minimum absolute atomic E-state index is 0.0699. The number of nitrogens with one attached hydrogen (secondary N) is 1. The van der Waals surface area contributed by atoms with Crippen molar-refractivity contribution < 1.29 is 8.42 Å². The predicted molar refractivity (Wildman–Crippen MR) is 81.1 cm³/mol. The van der Waals surface area contributed by atoms with Gasteiger partial charge in [0.15, 0.2) is 5.13 Å². The molecule has 5 nitrogen and oxygen atoms in total. The van der Waals surface area contributed by atoms with Crippen LogP contribution in [-0.4, -0.2) is 13.4 Å². The lowest BCUT2D eigenvalue weighted by Gasteiger charge is -2.07. The van der Waals surface area contributed by atoms with Crippen molar-refractivity contribution in [1.29, 1.82) is 5.26 Å². The second-order valence-corrected chi connectivity index (χ2v) is 7.63. The number of hydrogen-bond acceptors (Lipinski definition) is 5. The van der Waals surface area contributed by atoms with E-state index in [2.05, 4.69) is 9.71 Å². The maximum absolute atomic E-state index is 12.3. The van der Waals surface area contributed by atoms with Crippen LogP contribution in [0.25, 0.3) is 0 Å². The summed E-state index contributed by atoms with van der Waals surface area (Å²) in [5, 5.41) is 11.1. The number of sulfonamides is 1. The fourth-order valence-corrected chi connectivity index (χ4v) is 4.42. The van der Waals surface area contributed by atoms with E-state index in [4.69, 9.17) is 16.9 Å². The Hall–Kier alpha value is -1.62. The molecule has 0 amide bonds. The highest BCUT2D eigenvalue weighted by Crippen LogP contribution is 2.41. The zero-order valence-corrected chi connectivity index (χ0v) is 13.1. The molecule has 1 aromatic heterocycles. The molecule has 8 heteroatoms. The lowest BCUT2D eigenvalue weighted by Crippen LogP contribution is -2.13. The van der Waals surface area contributed by atoms with Crippen LogP contribution in [-0.2, 0) is 10.0 Å². The second kappa shape index (κ2) is 5.30. The summed E-state index contributed by atoms with van der Waals surface area (Å²) < 4.78 is 27.1. The summed E-state index contributed by atoms with van der Waals surface area (Å²) in [5.74, 6) is 0.463. The molecule has 3 rings (SSSR count). The van der Waals surface area contributed by atoms with Crippen LogP contribution in [0.15, 0.2) is 28.5 Å². The van der Waals surface area contributed by atoms with Gasteiger partial charge < -0.3 is 0 Å². The minimum atomic E-state index is -3.85. The molecule has 21 heavy (non-hydrogen) atoms. The van der Waals surface area contributed by atoms with Crippen LogP contribution in [0.5, 0.6) is 0 Å². The summed E-state index contributed by atoms with van der Waals surface area (Å²) in [6.45, 7) is 0. The number of aromatic nitrogens is 1. The predicted octanol–water partition coefficient (Wildman–Crippen LogP) is 3.35. The Bertz CT molecular complexity index is 835. The van der Waals surface area contributed by atoms with Gasteiger partial charge in [0.2, 0.25) is 0 Å². The molecule has 0 radical (unpaired) electrons. The number of nitrogens with zero attached hydrogens (tertiary/aromatic N) is 2. The van der Waals surface area contributed by atoms with Crippen LogP contribution in [0, 0.1) is 11.3 Å². The van der Waals surface area contributed by atoms with E-state index in [1.165, 1.54) is 29.5 Å². The molecule has 1 aliphatic rings. The van der Waals surface area contributed by atoms with Gasteiger partial charge >= 0.3 is 0 Å². The maximum atomic E-state index is 12.3. The standard InChI is InChI=1S/C13H10ClN3O2S2/c14-10-4-1-8(6-15)5-12(10)21(18,19)17-13-16-11(7-20-13)9-2-3-9/h1,4-5,7,9H,2-3H2,(H,16,17). The maximum Gasteiger partial charge on any atom is 0.265 e. The summed E-state index contributed by atoms with van der Waals surface area (Å²) in [5.41, 5.74) is 1.16. The van der Waals surface area contributed by atoms with Crippen LogP contribution in [0.2, 0.25) is 5.02 Å². The van der Waals surface area contributed by atoms with E-state index in [0.717, 1.165) is 18.5 Å². The van der Waals surface area contributed by atoms with E-state index in [1.54, 1.807) is 0 Å². The summed E-state index contributed by atoms with van der Waals surface area (Å²) in [4.78, 5) is 4.16. The lowest BCUT2D eigenvalue weighted by molar-refractivity contribution is 0.601. The van der Waals surface area contributed by atoms with Crippen molar-refractivity contribution >= 4 is 38.1 Å². The second-order valence-electron chi connectivity index (χ2n) is 4.71. The summed E-state index contributed by atoms with van der Waals surface area (Å²) in [6.07, 6.45) is 2.21. The molecule has 0 unspecified atom stereocenters. The topological polar surface area (TPSA) is 82.8 Å². The lowest BCUT2D eigenvalue weighted by atomic mass is 10.2. The highest BCUT2D eigenvalue weighted by Gasteiger charge is 2.27. The van der Waals surface area contributed by atoms with Crippen molar-refractivity contribution in [3.63, 3.8) is 0 Å². The van der Waals surface area contributed by atoms with Crippen molar-refractivity contribution in [2.75, 3.05) is 4.72 Å². The molecular weight excluding hydrogens is 330 g/mol. The highest BCUT2D eigenvalue weighted by atomic mass is 35.5. The zero-order chi connectivity index (χ0) is 15.0. The Balaban J connectivity index is 1.90. The first-order valence-electron chi connectivity index (χ1n) is 6.17. The molecule has 0 atom stereocenters. The number of nitriles is 1. The van der Waals surface area contributed by atoms with Gasteiger partial charge in [-0.3, -0.25) is 4.72 Å². The van der Waals surface area contributed by atoms with Gasteiger partial charge in [0.25, 0.3) is 10.0 Å². The number of halogens is 1. The fourth-order valence-electron chi connectivity index (χ4n) is 1.85. The Morgan fingerprint density at radius 1 is 1.43 bits per heavy atom. The third kappa shape index (κ3) is 3.02. The normalized spacial score (nSPS) is 14.7. The zero-order valence-electron chi connectivity index (χ0n) is 10.7.